The Kier molecular flexibility index (Phi) is 5.72. The van der Waals surface area contributed by atoms with Crippen LogP contribution in [0.3, 0.4) is 0 Å². The van der Waals surface area contributed by atoms with Crippen LogP contribution in [0.25, 0.3) is 0 Å². The van der Waals surface area contributed by atoms with Crippen molar-refractivity contribution in [2.24, 2.45) is 0 Å². The topological polar surface area (TPSA) is 0 Å². The number of rotatable bonds is 1. The van der Waals surface area contributed by atoms with Gasteiger partial charge in [-0.25, -0.2) is 0 Å². The van der Waals surface area contributed by atoms with E-state index in [1.54, 1.807) is 6.07 Å². The second kappa shape index (κ2) is 5.37. The molecule has 1 aromatic rings. The average molecular weight is 261 g/mol. The van der Waals surface area contributed by atoms with E-state index in [2.05, 4.69) is 0 Å². The van der Waals surface area contributed by atoms with Gasteiger partial charge in [0.25, 0.3) is 0 Å². The van der Waals surface area contributed by atoms with Gasteiger partial charge in [-0.3, -0.25) is 0 Å². The van der Waals surface area contributed by atoms with Gasteiger partial charge in [-0.15, -0.1) is 0 Å². The summed E-state index contributed by atoms with van der Waals surface area (Å²) in [5, 5.41) is 2.56. The second-order valence-corrected chi connectivity index (χ2v) is 3.95. The van der Waals surface area contributed by atoms with Crippen LogP contribution in [0.2, 0.25) is 10.0 Å². The summed E-state index contributed by atoms with van der Waals surface area (Å²) in [5.41, 5.74) is 1.23. The Morgan fingerprint density at radius 3 is 1.91 bits per heavy atom. The van der Waals surface area contributed by atoms with Crippen LogP contribution < -0.4 is 12.4 Å². The van der Waals surface area contributed by atoms with Crippen molar-refractivity contribution in [1.82, 2.24) is 0 Å². The van der Waals surface area contributed by atoms with Crippen LogP contribution in [0.5, 0.6) is 0 Å². The standard InChI is InChI=1S/C7H5Cl2.ClH.Zn/c1-5-2-6(8)4-7(9)3-5;;/h2-4H,1H2;1H;/q;;+1/p-1. The fourth-order valence-corrected chi connectivity index (χ4v) is 1.93. The van der Waals surface area contributed by atoms with Gasteiger partial charge >= 0.3 is 80.3 Å². The number of hydrogen-bond acceptors (Lipinski definition) is 0. The molecule has 0 N–H and O–H groups in total. The molecule has 1 aromatic carbocycles. The molecule has 0 fully saturated rings. The Labute approximate surface area is 92.4 Å². The molecule has 4 heteroatoms. The third kappa shape index (κ3) is 3.76. The monoisotopic (exact) mass is 258 g/mol. The van der Waals surface area contributed by atoms with Gasteiger partial charge < -0.3 is 12.4 Å². The van der Waals surface area contributed by atoms with Gasteiger partial charge in [0.1, 0.15) is 0 Å². The Morgan fingerprint density at radius 1 is 1.09 bits per heavy atom. The first kappa shape index (κ1) is 11.7. The molecule has 0 aliphatic rings. The normalized spacial score (nSPS) is 9.09. The van der Waals surface area contributed by atoms with Crippen LogP contribution in [0.1, 0.15) is 5.56 Å². The van der Waals surface area contributed by atoms with Crippen LogP contribution in [-0.4, -0.2) is 0 Å². The smallest absolute Gasteiger partial charge is 1.00 e. The van der Waals surface area contributed by atoms with E-state index in [-0.39, 0.29) is 12.4 Å². The number of hydrogen-bond donors (Lipinski definition) is 0. The molecule has 0 amide bonds. The predicted molar refractivity (Wildman–Crippen MR) is 40.2 cm³/mol. The maximum atomic E-state index is 5.76. The van der Waals surface area contributed by atoms with Crippen molar-refractivity contribution >= 4 is 23.2 Å². The first-order valence-electron chi connectivity index (χ1n) is 2.96. The molecule has 0 saturated heterocycles. The molecule has 1 rings (SSSR count). The quantitative estimate of drug-likeness (QED) is 0.626. The summed E-state index contributed by atoms with van der Waals surface area (Å²) in [7, 11) is 0. The fraction of sp³-hybridized carbons (Fsp3) is 0.143. The third-order valence-electron chi connectivity index (χ3n) is 1.21. The fourth-order valence-electron chi connectivity index (χ4n) is 0.755. The van der Waals surface area contributed by atoms with E-state index in [1.807, 2.05) is 12.1 Å². The summed E-state index contributed by atoms with van der Waals surface area (Å²) < 4.78 is 0. The van der Waals surface area contributed by atoms with Gasteiger partial charge in [-0.1, -0.05) is 0 Å². The molecule has 0 aliphatic heterocycles. The minimum absolute atomic E-state index is 0. The van der Waals surface area contributed by atoms with Crippen molar-refractivity contribution in [3.63, 3.8) is 0 Å². The van der Waals surface area contributed by atoms with Crippen molar-refractivity contribution in [2.75, 3.05) is 0 Å². The molecule has 0 nitrogen and oxygen atoms in total. The molecule has 0 spiro atoms. The molecular weight excluding hydrogens is 256 g/mol. The Hall–Kier alpha value is 0.713. The van der Waals surface area contributed by atoms with Crippen molar-refractivity contribution in [2.45, 2.75) is 5.02 Å². The number of halogens is 3. The van der Waals surface area contributed by atoms with E-state index < -0.39 is 0 Å². The Bertz CT molecular complexity index is 217. The van der Waals surface area contributed by atoms with E-state index in [0.29, 0.717) is 0 Å². The summed E-state index contributed by atoms with van der Waals surface area (Å²) >= 11 is 12.8. The van der Waals surface area contributed by atoms with E-state index >= 15 is 0 Å². The minimum Gasteiger partial charge on any atom is -1.00 e. The number of benzene rings is 1. The maximum Gasteiger partial charge on any atom is -1.00 e. The third-order valence-corrected chi connectivity index (χ3v) is 2.86. The van der Waals surface area contributed by atoms with Crippen LogP contribution >= 0.6 is 23.2 Å². The zero-order valence-electron chi connectivity index (χ0n) is 5.78. The Balaban J connectivity index is 0.000001000. The summed E-state index contributed by atoms with van der Waals surface area (Å²) in [4.78, 5) is 0. The zero-order chi connectivity index (χ0) is 7.56. The second-order valence-electron chi connectivity index (χ2n) is 2.03. The van der Waals surface area contributed by atoms with Crippen LogP contribution in [-0.2, 0) is 23.3 Å². The van der Waals surface area contributed by atoms with E-state index in [4.69, 9.17) is 23.2 Å². The molecule has 0 radical (unpaired) electrons. The van der Waals surface area contributed by atoms with Gasteiger partial charge in [0, 0.05) is 0 Å². The van der Waals surface area contributed by atoms with Gasteiger partial charge in [-0.05, 0) is 0 Å². The molecule has 0 saturated carbocycles. The molecule has 0 bridgehead atoms. The SMILES string of the molecule is Clc1cc(Cl)cc([CH2][Zn+])c1.[Cl-]. The average Bonchev–Trinajstić information content (AvgIpc) is 1.85. The van der Waals surface area contributed by atoms with Crippen molar-refractivity contribution in [3.05, 3.63) is 33.8 Å². The molecule has 0 unspecified atom stereocenters. The van der Waals surface area contributed by atoms with Crippen molar-refractivity contribution in [1.29, 1.82) is 0 Å². The molecule has 0 aromatic heterocycles. The first-order valence-corrected chi connectivity index (χ1v) is 5.82. The van der Waals surface area contributed by atoms with Crippen molar-refractivity contribution in [3.8, 4) is 0 Å². The molecule has 11 heavy (non-hydrogen) atoms. The van der Waals surface area contributed by atoms with E-state index in [0.717, 1.165) is 15.1 Å². The predicted octanol–water partition coefficient (Wildman–Crippen LogP) is 0.0442. The van der Waals surface area contributed by atoms with Gasteiger partial charge in [0.15, 0.2) is 0 Å². The minimum atomic E-state index is 0. The Morgan fingerprint density at radius 2 is 1.55 bits per heavy atom. The van der Waals surface area contributed by atoms with E-state index in [1.165, 1.54) is 23.9 Å². The summed E-state index contributed by atoms with van der Waals surface area (Å²) in [6.45, 7) is 0. The molecule has 56 valence electrons. The van der Waals surface area contributed by atoms with Crippen LogP contribution in [0.15, 0.2) is 18.2 Å². The van der Waals surface area contributed by atoms with Crippen LogP contribution in [0.4, 0.5) is 0 Å². The van der Waals surface area contributed by atoms with E-state index in [9.17, 15) is 0 Å². The molecule has 0 aliphatic carbocycles. The van der Waals surface area contributed by atoms with Gasteiger partial charge in [0.2, 0.25) is 0 Å². The largest absolute Gasteiger partial charge is 1.00 e. The summed E-state index contributed by atoms with van der Waals surface area (Å²) in [6.07, 6.45) is 0. The van der Waals surface area contributed by atoms with Gasteiger partial charge in [-0.2, -0.15) is 0 Å². The molecule has 0 atom stereocenters. The molecular formula is C7H5Cl3Zn. The first-order chi connectivity index (χ1) is 4.72. The van der Waals surface area contributed by atoms with Gasteiger partial charge in [0.05, 0.1) is 0 Å². The van der Waals surface area contributed by atoms with Crippen molar-refractivity contribution < 1.29 is 30.7 Å². The maximum absolute atomic E-state index is 5.76. The zero-order valence-corrected chi connectivity index (χ0v) is 11.0. The molecule has 0 heterocycles. The van der Waals surface area contributed by atoms with Crippen LogP contribution in [0, 0.1) is 0 Å². The summed E-state index contributed by atoms with van der Waals surface area (Å²) in [6, 6.07) is 5.66. The summed E-state index contributed by atoms with van der Waals surface area (Å²) in [5.74, 6) is 0.